The average Bonchev–Trinajstić information content (AvgIpc) is 2.00. The second-order valence-electron chi connectivity index (χ2n) is 1.50. The van der Waals surface area contributed by atoms with Crippen molar-refractivity contribution in [2.24, 2.45) is 0 Å². The standard InChI is InChI=1S/C7H7Cl3/c1-3-5(8)7(10)6(9)4-2/h3-4H,1H2,2H3/b6-4+,7-5-. The van der Waals surface area contributed by atoms with Gasteiger partial charge < -0.3 is 0 Å². The highest BCUT2D eigenvalue weighted by molar-refractivity contribution is 6.48. The van der Waals surface area contributed by atoms with Crippen molar-refractivity contribution in [3.63, 3.8) is 0 Å². The molecule has 56 valence electrons. The zero-order valence-corrected chi connectivity index (χ0v) is 7.76. The number of hydrogen-bond donors (Lipinski definition) is 0. The van der Waals surface area contributed by atoms with Gasteiger partial charge in [-0.1, -0.05) is 47.5 Å². The lowest BCUT2D eigenvalue weighted by molar-refractivity contribution is 1.65. The highest BCUT2D eigenvalue weighted by atomic mass is 35.5. The van der Waals surface area contributed by atoms with Crippen LogP contribution in [0.5, 0.6) is 0 Å². The average molecular weight is 197 g/mol. The van der Waals surface area contributed by atoms with E-state index in [9.17, 15) is 0 Å². The molecule has 0 aliphatic rings. The molecule has 0 aromatic rings. The van der Waals surface area contributed by atoms with E-state index in [1.54, 1.807) is 13.0 Å². The summed E-state index contributed by atoms with van der Waals surface area (Å²) in [5.41, 5.74) is 0. The van der Waals surface area contributed by atoms with Crippen LogP contribution in [0.4, 0.5) is 0 Å². The van der Waals surface area contributed by atoms with Crippen LogP contribution in [0, 0.1) is 0 Å². The third kappa shape index (κ3) is 2.78. The predicted octanol–water partition coefficient (Wildman–Crippen LogP) is 4.00. The Morgan fingerprint density at radius 1 is 1.30 bits per heavy atom. The molecule has 0 heterocycles. The van der Waals surface area contributed by atoms with Gasteiger partial charge in [0.1, 0.15) is 0 Å². The van der Waals surface area contributed by atoms with Gasteiger partial charge in [0.2, 0.25) is 0 Å². The molecule has 0 rings (SSSR count). The molecule has 0 aliphatic heterocycles. The maximum Gasteiger partial charge on any atom is 0.0774 e. The number of halogens is 3. The van der Waals surface area contributed by atoms with Crippen molar-refractivity contribution in [1.82, 2.24) is 0 Å². The largest absolute Gasteiger partial charge is 0.0975 e. The van der Waals surface area contributed by atoms with E-state index < -0.39 is 0 Å². The summed E-state index contributed by atoms with van der Waals surface area (Å²) in [6, 6.07) is 0. The summed E-state index contributed by atoms with van der Waals surface area (Å²) in [6.45, 7) is 5.21. The molecule has 3 heteroatoms. The van der Waals surface area contributed by atoms with Gasteiger partial charge in [-0.05, 0) is 13.0 Å². The zero-order valence-electron chi connectivity index (χ0n) is 5.50. The molecule has 0 saturated carbocycles. The summed E-state index contributed by atoms with van der Waals surface area (Å²) in [5.74, 6) is 0. The first-order valence-electron chi connectivity index (χ1n) is 2.63. The van der Waals surface area contributed by atoms with E-state index in [-0.39, 0.29) is 0 Å². The summed E-state index contributed by atoms with van der Waals surface area (Å²) >= 11 is 16.9. The highest BCUT2D eigenvalue weighted by Crippen LogP contribution is 2.25. The van der Waals surface area contributed by atoms with Crippen LogP contribution < -0.4 is 0 Å². The van der Waals surface area contributed by atoms with Crippen molar-refractivity contribution in [3.05, 3.63) is 33.8 Å². The predicted molar refractivity (Wildman–Crippen MR) is 48.5 cm³/mol. The second-order valence-corrected chi connectivity index (χ2v) is 2.70. The topological polar surface area (TPSA) is 0 Å². The van der Waals surface area contributed by atoms with Crippen LogP contribution in [0.15, 0.2) is 33.8 Å². The fourth-order valence-electron chi connectivity index (χ4n) is 0.330. The molecular weight excluding hydrogens is 190 g/mol. The Morgan fingerprint density at radius 2 is 1.80 bits per heavy atom. The van der Waals surface area contributed by atoms with Gasteiger partial charge in [-0.3, -0.25) is 0 Å². The first-order valence-corrected chi connectivity index (χ1v) is 3.76. The van der Waals surface area contributed by atoms with Gasteiger partial charge >= 0.3 is 0 Å². The summed E-state index contributed by atoms with van der Waals surface area (Å²) in [4.78, 5) is 0. The van der Waals surface area contributed by atoms with E-state index in [1.165, 1.54) is 6.08 Å². The molecule has 0 fully saturated rings. The van der Waals surface area contributed by atoms with Gasteiger partial charge in [-0.25, -0.2) is 0 Å². The summed E-state index contributed by atoms with van der Waals surface area (Å²) in [6.07, 6.45) is 3.10. The van der Waals surface area contributed by atoms with Gasteiger partial charge in [0.15, 0.2) is 0 Å². The normalized spacial score (nSPS) is 14.6. The minimum absolute atomic E-state index is 0.334. The van der Waals surface area contributed by atoms with E-state index >= 15 is 0 Å². The van der Waals surface area contributed by atoms with Gasteiger partial charge in [0.25, 0.3) is 0 Å². The number of rotatable bonds is 2. The number of hydrogen-bond acceptors (Lipinski definition) is 0. The molecule has 0 bridgehead atoms. The van der Waals surface area contributed by atoms with Crippen LogP contribution >= 0.6 is 34.8 Å². The van der Waals surface area contributed by atoms with Crippen LogP contribution in [0.3, 0.4) is 0 Å². The van der Waals surface area contributed by atoms with Crippen LogP contribution in [0.25, 0.3) is 0 Å². The quantitative estimate of drug-likeness (QED) is 0.587. The monoisotopic (exact) mass is 196 g/mol. The Balaban J connectivity index is 4.63. The molecule has 0 aliphatic carbocycles. The first-order chi connectivity index (χ1) is 4.63. The third-order valence-electron chi connectivity index (χ3n) is 0.852. The minimum Gasteiger partial charge on any atom is -0.0975 e. The molecule has 10 heavy (non-hydrogen) atoms. The molecule has 0 spiro atoms. The fraction of sp³-hybridized carbons (Fsp3) is 0.143. The van der Waals surface area contributed by atoms with Gasteiger partial charge in [-0.2, -0.15) is 0 Å². The van der Waals surface area contributed by atoms with Crippen molar-refractivity contribution in [3.8, 4) is 0 Å². The molecule has 0 nitrogen and oxygen atoms in total. The van der Waals surface area contributed by atoms with Gasteiger partial charge in [-0.15, -0.1) is 0 Å². The third-order valence-corrected chi connectivity index (χ3v) is 2.20. The van der Waals surface area contributed by atoms with E-state index in [2.05, 4.69) is 6.58 Å². The summed E-state index contributed by atoms with van der Waals surface area (Å²) in [5, 5.41) is 1.14. The molecule has 0 radical (unpaired) electrons. The smallest absolute Gasteiger partial charge is 0.0774 e. The van der Waals surface area contributed by atoms with Gasteiger partial charge in [0.05, 0.1) is 15.1 Å². The Labute approximate surface area is 75.8 Å². The molecular formula is C7H7Cl3. The van der Waals surface area contributed by atoms with Crippen LogP contribution in [0.2, 0.25) is 0 Å². The fourth-order valence-corrected chi connectivity index (χ4v) is 0.769. The van der Waals surface area contributed by atoms with Crippen molar-refractivity contribution in [1.29, 1.82) is 0 Å². The molecule has 0 amide bonds. The lowest BCUT2D eigenvalue weighted by Crippen LogP contribution is -1.73. The number of allylic oxidation sites excluding steroid dienone is 5. The van der Waals surface area contributed by atoms with E-state index in [1.807, 2.05) is 0 Å². The summed E-state index contributed by atoms with van der Waals surface area (Å²) < 4.78 is 0. The maximum absolute atomic E-state index is 5.66. The molecule has 0 unspecified atom stereocenters. The molecule has 0 atom stereocenters. The van der Waals surface area contributed by atoms with Crippen LogP contribution in [0.1, 0.15) is 6.92 Å². The SMILES string of the molecule is C=C/C(Cl)=C(Cl)\C(Cl)=C/C. The Bertz CT molecular complexity index is 189. The lowest BCUT2D eigenvalue weighted by atomic mass is 10.4. The van der Waals surface area contributed by atoms with E-state index in [4.69, 9.17) is 34.8 Å². The highest BCUT2D eigenvalue weighted by Gasteiger charge is 2.00. The van der Waals surface area contributed by atoms with E-state index in [0.717, 1.165) is 0 Å². The van der Waals surface area contributed by atoms with E-state index in [0.29, 0.717) is 15.1 Å². The van der Waals surface area contributed by atoms with Crippen LogP contribution in [-0.2, 0) is 0 Å². The van der Waals surface area contributed by atoms with Crippen molar-refractivity contribution < 1.29 is 0 Å². The second kappa shape index (κ2) is 4.84. The molecule has 0 saturated heterocycles. The Morgan fingerprint density at radius 3 is 2.10 bits per heavy atom. The van der Waals surface area contributed by atoms with Crippen molar-refractivity contribution >= 4 is 34.8 Å². The molecule has 0 aromatic heterocycles. The lowest BCUT2D eigenvalue weighted by Gasteiger charge is -1.95. The Kier molecular flexibility index (Phi) is 4.88. The van der Waals surface area contributed by atoms with Crippen molar-refractivity contribution in [2.75, 3.05) is 0 Å². The van der Waals surface area contributed by atoms with Gasteiger partial charge in [0, 0.05) is 0 Å². The minimum atomic E-state index is 0.334. The zero-order chi connectivity index (χ0) is 8.15. The molecule has 0 N–H and O–H groups in total. The maximum atomic E-state index is 5.66. The summed E-state index contributed by atoms with van der Waals surface area (Å²) in [7, 11) is 0. The van der Waals surface area contributed by atoms with Crippen LogP contribution in [-0.4, -0.2) is 0 Å². The Hall–Kier alpha value is 0.0900. The molecule has 0 aromatic carbocycles. The van der Waals surface area contributed by atoms with Crippen molar-refractivity contribution in [2.45, 2.75) is 6.92 Å². The first kappa shape index (κ1) is 10.1.